The largest absolute Gasteiger partial charge is 0.465 e. The number of esters is 1. The van der Waals surface area contributed by atoms with E-state index < -0.39 is 5.41 Å². The van der Waals surface area contributed by atoms with Gasteiger partial charge < -0.3 is 4.74 Å². The van der Waals surface area contributed by atoms with Crippen LogP contribution in [-0.2, 0) is 14.9 Å². The molecule has 2 heterocycles. The van der Waals surface area contributed by atoms with Crippen molar-refractivity contribution in [1.82, 2.24) is 14.6 Å². The van der Waals surface area contributed by atoms with Crippen molar-refractivity contribution in [3.05, 3.63) is 30.2 Å². The van der Waals surface area contributed by atoms with E-state index in [2.05, 4.69) is 10.2 Å². The second-order valence-electron chi connectivity index (χ2n) is 4.61. The number of ether oxygens (including phenoxy) is 1. The van der Waals surface area contributed by atoms with Crippen LogP contribution >= 0.6 is 0 Å². The zero-order valence-corrected chi connectivity index (χ0v) is 10.3. The third-order valence-electron chi connectivity index (χ3n) is 3.62. The van der Waals surface area contributed by atoms with Crippen molar-refractivity contribution in [1.29, 1.82) is 0 Å². The van der Waals surface area contributed by atoms with Gasteiger partial charge in [0.15, 0.2) is 11.5 Å². The van der Waals surface area contributed by atoms with E-state index in [1.54, 1.807) is 0 Å². The van der Waals surface area contributed by atoms with Crippen molar-refractivity contribution in [2.75, 3.05) is 6.61 Å². The molecule has 0 unspecified atom stereocenters. The van der Waals surface area contributed by atoms with Crippen molar-refractivity contribution in [3.63, 3.8) is 0 Å². The van der Waals surface area contributed by atoms with Crippen molar-refractivity contribution < 1.29 is 9.53 Å². The van der Waals surface area contributed by atoms with Crippen molar-refractivity contribution in [2.24, 2.45) is 0 Å². The van der Waals surface area contributed by atoms with Gasteiger partial charge in [0.05, 0.1) is 6.61 Å². The highest BCUT2D eigenvalue weighted by Crippen LogP contribution is 2.43. The minimum absolute atomic E-state index is 0.172. The standard InChI is InChI=1S/C13H15N3O2/c1-2-18-12(17)13(7-5-8-13)11-15-14-10-6-3-4-9-16(10)11/h3-4,6,9H,2,5,7-8H2,1H3. The van der Waals surface area contributed by atoms with Gasteiger partial charge in [-0.05, 0) is 31.9 Å². The molecule has 2 aromatic rings. The molecule has 2 aromatic heterocycles. The molecular formula is C13H15N3O2. The maximum Gasteiger partial charge on any atom is 0.319 e. The SMILES string of the molecule is CCOC(=O)C1(c2nnc3ccccn23)CCC1. The first-order valence-electron chi connectivity index (χ1n) is 6.25. The first-order chi connectivity index (χ1) is 8.78. The smallest absolute Gasteiger partial charge is 0.319 e. The summed E-state index contributed by atoms with van der Waals surface area (Å²) in [7, 11) is 0. The fourth-order valence-electron chi connectivity index (χ4n) is 2.49. The minimum atomic E-state index is -0.587. The molecule has 0 saturated heterocycles. The van der Waals surface area contributed by atoms with E-state index in [0.29, 0.717) is 12.4 Å². The summed E-state index contributed by atoms with van der Waals surface area (Å²) in [6.07, 6.45) is 4.51. The van der Waals surface area contributed by atoms with Crippen molar-refractivity contribution in [2.45, 2.75) is 31.6 Å². The van der Waals surface area contributed by atoms with Crippen LogP contribution in [0.1, 0.15) is 32.0 Å². The van der Waals surface area contributed by atoms with Gasteiger partial charge in [0.2, 0.25) is 0 Å². The molecule has 1 aliphatic rings. The molecule has 5 nitrogen and oxygen atoms in total. The number of fused-ring (bicyclic) bond motifs is 1. The summed E-state index contributed by atoms with van der Waals surface area (Å²) in [5, 5.41) is 8.32. The van der Waals surface area contributed by atoms with Gasteiger partial charge in [0.1, 0.15) is 5.41 Å². The number of nitrogens with zero attached hydrogens (tertiary/aromatic N) is 3. The van der Waals surface area contributed by atoms with Gasteiger partial charge in [-0.1, -0.05) is 12.5 Å². The third kappa shape index (κ3) is 1.43. The van der Waals surface area contributed by atoms with E-state index in [1.165, 1.54) is 0 Å². The van der Waals surface area contributed by atoms with E-state index in [4.69, 9.17) is 4.74 Å². The molecule has 0 amide bonds. The zero-order valence-electron chi connectivity index (χ0n) is 10.3. The molecule has 5 heteroatoms. The number of carbonyl (C=O) groups excluding carboxylic acids is 1. The fraction of sp³-hybridized carbons (Fsp3) is 0.462. The number of aromatic nitrogens is 3. The highest BCUT2D eigenvalue weighted by Gasteiger charge is 2.50. The Bertz CT molecular complexity index is 587. The van der Waals surface area contributed by atoms with E-state index in [-0.39, 0.29) is 5.97 Å². The van der Waals surface area contributed by atoms with Crippen LogP contribution in [0.15, 0.2) is 24.4 Å². The Kier molecular flexibility index (Phi) is 2.54. The predicted molar refractivity (Wildman–Crippen MR) is 65.1 cm³/mol. The Morgan fingerprint density at radius 2 is 2.28 bits per heavy atom. The van der Waals surface area contributed by atoms with Crippen molar-refractivity contribution in [3.8, 4) is 0 Å². The zero-order chi connectivity index (χ0) is 12.6. The molecule has 1 saturated carbocycles. The summed E-state index contributed by atoms with van der Waals surface area (Å²) in [6, 6.07) is 5.71. The van der Waals surface area contributed by atoms with Gasteiger partial charge in [-0.3, -0.25) is 9.20 Å². The molecule has 0 aromatic carbocycles. The summed E-state index contributed by atoms with van der Waals surface area (Å²) in [5.74, 6) is 0.539. The number of carbonyl (C=O) groups is 1. The second kappa shape index (κ2) is 4.08. The van der Waals surface area contributed by atoms with Gasteiger partial charge in [-0.2, -0.15) is 0 Å². The van der Waals surface area contributed by atoms with Crippen molar-refractivity contribution >= 4 is 11.6 Å². The number of hydrogen-bond donors (Lipinski definition) is 0. The molecule has 0 radical (unpaired) electrons. The maximum atomic E-state index is 12.2. The van der Waals surface area contributed by atoms with Crippen LogP contribution in [0.3, 0.4) is 0 Å². The molecule has 0 N–H and O–H groups in total. The summed E-state index contributed by atoms with van der Waals surface area (Å²) < 4.78 is 7.09. The van der Waals surface area contributed by atoms with Gasteiger partial charge in [-0.15, -0.1) is 10.2 Å². The van der Waals surface area contributed by atoms with Crippen LogP contribution < -0.4 is 0 Å². The summed E-state index contributed by atoms with van der Waals surface area (Å²) in [4.78, 5) is 12.2. The predicted octanol–water partition coefficient (Wildman–Crippen LogP) is 1.71. The summed E-state index contributed by atoms with van der Waals surface area (Å²) >= 11 is 0. The molecular weight excluding hydrogens is 230 g/mol. The molecule has 0 bridgehead atoms. The van der Waals surface area contributed by atoms with E-state index in [9.17, 15) is 4.79 Å². The van der Waals surface area contributed by atoms with Crippen LogP contribution in [0.4, 0.5) is 0 Å². The molecule has 3 rings (SSSR count). The first kappa shape index (κ1) is 11.2. The Hall–Kier alpha value is -1.91. The number of rotatable bonds is 3. The van der Waals surface area contributed by atoms with Gasteiger partial charge in [0.25, 0.3) is 0 Å². The second-order valence-corrected chi connectivity index (χ2v) is 4.61. The van der Waals surface area contributed by atoms with Gasteiger partial charge >= 0.3 is 5.97 Å². The quantitative estimate of drug-likeness (QED) is 0.772. The topological polar surface area (TPSA) is 56.5 Å². The monoisotopic (exact) mass is 245 g/mol. The Morgan fingerprint density at radius 1 is 1.44 bits per heavy atom. The average Bonchev–Trinajstić information content (AvgIpc) is 2.73. The molecule has 1 aliphatic carbocycles. The lowest BCUT2D eigenvalue weighted by molar-refractivity contribution is -0.154. The van der Waals surface area contributed by atoms with Crippen LogP contribution in [-0.4, -0.2) is 27.2 Å². The van der Waals surface area contributed by atoms with E-state index >= 15 is 0 Å². The minimum Gasteiger partial charge on any atom is -0.465 e. The van der Waals surface area contributed by atoms with E-state index in [1.807, 2.05) is 35.7 Å². The molecule has 18 heavy (non-hydrogen) atoms. The Morgan fingerprint density at radius 3 is 2.94 bits per heavy atom. The summed E-state index contributed by atoms with van der Waals surface area (Å²) in [6.45, 7) is 2.23. The highest BCUT2D eigenvalue weighted by molar-refractivity contribution is 5.83. The molecule has 1 fully saturated rings. The van der Waals surface area contributed by atoms with Crippen LogP contribution in [0.5, 0.6) is 0 Å². The molecule has 94 valence electrons. The first-order valence-corrected chi connectivity index (χ1v) is 6.25. The van der Waals surface area contributed by atoms with Gasteiger partial charge in [0, 0.05) is 6.20 Å². The Balaban J connectivity index is 2.09. The number of hydrogen-bond acceptors (Lipinski definition) is 4. The van der Waals surface area contributed by atoms with Gasteiger partial charge in [-0.25, -0.2) is 0 Å². The lowest BCUT2D eigenvalue weighted by Crippen LogP contribution is -2.45. The maximum absolute atomic E-state index is 12.2. The lowest BCUT2D eigenvalue weighted by atomic mass is 9.68. The van der Waals surface area contributed by atoms with Crippen LogP contribution in [0, 0.1) is 0 Å². The third-order valence-corrected chi connectivity index (χ3v) is 3.62. The summed E-state index contributed by atoms with van der Waals surface area (Å²) in [5.41, 5.74) is 0.180. The van der Waals surface area contributed by atoms with E-state index in [0.717, 1.165) is 24.9 Å². The van der Waals surface area contributed by atoms with Crippen LogP contribution in [0.25, 0.3) is 5.65 Å². The fourth-order valence-corrected chi connectivity index (χ4v) is 2.49. The van der Waals surface area contributed by atoms with Crippen LogP contribution in [0.2, 0.25) is 0 Å². The number of pyridine rings is 1. The Labute approximate surface area is 105 Å². The lowest BCUT2D eigenvalue weighted by Gasteiger charge is -2.37. The molecule has 0 atom stereocenters. The normalized spacial score (nSPS) is 17.4. The molecule has 0 spiro atoms. The highest BCUT2D eigenvalue weighted by atomic mass is 16.5. The molecule has 0 aliphatic heterocycles. The average molecular weight is 245 g/mol.